The van der Waals surface area contributed by atoms with E-state index in [-0.39, 0.29) is 11.9 Å². The molecule has 16 heavy (non-hydrogen) atoms. The van der Waals surface area contributed by atoms with Gasteiger partial charge in [0, 0.05) is 19.7 Å². The average Bonchev–Trinajstić information content (AvgIpc) is 2.64. The molecule has 2 unspecified atom stereocenters. The molecule has 2 heterocycles. The van der Waals surface area contributed by atoms with Gasteiger partial charge in [0.15, 0.2) is 0 Å². The van der Waals surface area contributed by atoms with Crippen molar-refractivity contribution in [2.24, 2.45) is 5.92 Å². The van der Waals surface area contributed by atoms with E-state index in [1.165, 1.54) is 6.42 Å². The summed E-state index contributed by atoms with van der Waals surface area (Å²) in [7, 11) is 0. The highest BCUT2D eigenvalue weighted by Crippen LogP contribution is 2.19. The first-order valence-electron chi connectivity index (χ1n) is 6.41. The molecule has 4 nitrogen and oxygen atoms in total. The Balaban J connectivity index is 1.79. The third-order valence-corrected chi connectivity index (χ3v) is 3.48. The van der Waals surface area contributed by atoms with Crippen molar-refractivity contribution in [1.29, 1.82) is 0 Å². The van der Waals surface area contributed by atoms with Crippen LogP contribution in [0.2, 0.25) is 0 Å². The number of ether oxygens (including phenoxy) is 1. The molecular formula is C12H22N2O2. The summed E-state index contributed by atoms with van der Waals surface area (Å²) in [4.78, 5) is 14.0. The standard InChI is InChI=1S/C12H22N2O2/c1-2-13-11-5-6-14(12(11)15)8-10-4-3-7-16-9-10/h10-11,13H,2-9H2,1H3. The van der Waals surface area contributed by atoms with Crippen LogP contribution in [0.4, 0.5) is 0 Å². The van der Waals surface area contributed by atoms with E-state index in [1.807, 2.05) is 11.8 Å². The van der Waals surface area contributed by atoms with Crippen molar-refractivity contribution < 1.29 is 9.53 Å². The highest BCUT2D eigenvalue weighted by Gasteiger charge is 2.32. The van der Waals surface area contributed by atoms with Crippen LogP contribution in [0, 0.1) is 5.92 Å². The largest absolute Gasteiger partial charge is 0.381 e. The van der Waals surface area contributed by atoms with Crippen LogP contribution >= 0.6 is 0 Å². The minimum Gasteiger partial charge on any atom is -0.381 e. The van der Waals surface area contributed by atoms with Crippen LogP contribution in [0.25, 0.3) is 0 Å². The zero-order valence-electron chi connectivity index (χ0n) is 10.1. The number of amides is 1. The molecule has 0 saturated carbocycles. The van der Waals surface area contributed by atoms with Crippen molar-refractivity contribution in [2.75, 3.05) is 32.8 Å². The molecule has 0 bridgehead atoms. The van der Waals surface area contributed by atoms with Crippen molar-refractivity contribution >= 4 is 5.91 Å². The molecule has 0 aliphatic carbocycles. The summed E-state index contributed by atoms with van der Waals surface area (Å²) in [5.74, 6) is 0.838. The SMILES string of the molecule is CCNC1CCN(CC2CCCOC2)C1=O. The Kier molecular flexibility index (Phi) is 4.18. The number of nitrogens with zero attached hydrogens (tertiary/aromatic N) is 1. The number of carbonyl (C=O) groups is 1. The van der Waals surface area contributed by atoms with E-state index >= 15 is 0 Å². The van der Waals surface area contributed by atoms with Crippen molar-refractivity contribution in [3.05, 3.63) is 0 Å². The zero-order chi connectivity index (χ0) is 11.4. The molecule has 0 aromatic rings. The molecule has 2 fully saturated rings. The van der Waals surface area contributed by atoms with Crippen LogP contribution < -0.4 is 5.32 Å². The summed E-state index contributed by atoms with van der Waals surface area (Å²) in [5, 5.41) is 3.24. The first-order chi connectivity index (χ1) is 7.81. The molecule has 0 aromatic heterocycles. The molecule has 1 N–H and O–H groups in total. The number of likely N-dealkylation sites (N-methyl/N-ethyl adjacent to an activating group) is 1. The summed E-state index contributed by atoms with van der Waals surface area (Å²) in [6, 6.07) is 0.0644. The summed E-state index contributed by atoms with van der Waals surface area (Å²) < 4.78 is 5.45. The van der Waals surface area contributed by atoms with E-state index in [9.17, 15) is 4.79 Å². The fourth-order valence-corrected chi connectivity index (χ4v) is 2.62. The lowest BCUT2D eigenvalue weighted by atomic mass is 10.0. The van der Waals surface area contributed by atoms with Crippen molar-refractivity contribution in [1.82, 2.24) is 10.2 Å². The van der Waals surface area contributed by atoms with E-state index < -0.39 is 0 Å². The van der Waals surface area contributed by atoms with E-state index in [2.05, 4.69) is 5.32 Å². The number of hydrogen-bond donors (Lipinski definition) is 1. The summed E-state index contributed by atoms with van der Waals surface area (Å²) in [6.07, 6.45) is 3.30. The van der Waals surface area contributed by atoms with Gasteiger partial charge in [-0.25, -0.2) is 0 Å². The summed E-state index contributed by atoms with van der Waals surface area (Å²) in [6.45, 7) is 6.44. The maximum Gasteiger partial charge on any atom is 0.239 e. The average molecular weight is 226 g/mol. The van der Waals surface area contributed by atoms with Crippen LogP contribution in [0.3, 0.4) is 0 Å². The Morgan fingerprint density at radius 3 is 3.06 bits per heavy atom. The molecule has 4 heteroatoms. The lowest BCUT2D eigenvalue weighted by Gasteiger charge is -2.27. The van der Waals surface area contributed by atoms with Gasteiger partial charge in [0.1, 0.15) is 0 Å². The Bertz CT molecular complexity index is 239. The number of nitrogens with one attached hydrogen (secondary N) is 1. The molecule has 1 amide bonds. The Hall–Kier alpha value is -0.610. The predicted octanol–water partition coefficient (Wildman–Crippen LogP) is 0.623. The fourth-order valence-electron chi connectivity index (χ4n) is 2.62. The molecule has 2 rings (SSSR count). The Morgan fingerprint density at radius 2 is 2.38 bits per heavy atom. The Labute approximate surface area is 97.3 Å². The summed E-state index contributed by atoms with van der Waals surface area (Å²) in [5.41, 5.74) is 0. The maximum atomic E-state index is 12.0. The normalized spacial score (nSPS) is 31.1. The third kappa shape index (κ3) is 2.74. The monoisotopic (exact) mass is 226 g/mol. The van der Waals surface area contributed by atoms with Crippen molar-refractivity contribution in [3.63, 3.8) is 0 Å². The maximum absolute atomic E-state index is 12.0. The number of hydrogen-bond acceptors (Lipinski definition) is 3. The van der Waals surface area contributed by atoms with Gasteiger partial charge in [0.2, 0.25) is 5.91 Å². The molecule has 92 valence electrons. The van der Waals surface area contributed by atoms with Gasteiger partial charge in [-0.3, -0.25) is 4.79 Å². The van der Waals surface area contributed by atoms with E-state index in [0.29, 0.717) is 5.92 Å². The van der Waals surface area contributed by atoms with Crippen LogP contribution in [0.1, 0.15) is 26.2 Å². The molecular weight excluding hydrogens is 204 g/mol. The van der Waals surface area contributed by atoms with Gasteiger partial charge >= 0.3 is 0 Å². The quantitative estimate of drug-likeness (QED) is 0.764. The van der Waals surface area contributed by atoms with Crippen molar-refractivity contribution in [2.45, 2.75) is 32.2 Å². The lowest BCUT2D eigenvalue weighted by Crippen LogP contribution is -2.41. The molecule has 0 spiro atoms. The zero-order valence-corrected chi connectivity index (χ0v) is 10.1. The summed E-state index contributed by atoms with van der Waals surface area (Å²) >= 11 is 0. The third-order valence-electron chi connectivity index (χ3n) is 3.48. The highest BCUT2D eigenvalue weighted by atomic mass is 16.5. The molecule has 0 aromatic carbocycles. The molecule has 2 saturated heterocycles. The Morgan fingerprint density at radius 1 is 1.50 bits per heavy atom. The second kappa shape index (κ2) is 5.64. The minimum absolute atomic E-state index is 0.0644. The fraction of sp³-hybridized carbons (Fsp3) is 0.917. The van der Waals surface area contributed by atoms with E-state index in [1.54, 1.807) is 0 Å². The van der Waals surface area contributed by atoms with Crippen molar-refractivity contribution in [3.8, 4) is 0 Å². The first-order valence-corrected chi connectivity index (χ1v) is 6.41. The van der Waals surface area contributed by atoms with E-state index in [0.717, 1.165) is 45.7 Å². The van der Waals surface area contributed by atoms with Crippen LogP contribution in [0.15, 0.2) is 0 Å². The first kappa shape index (κ1) is 11.9. The van der Waals surface area contributed by atoms with Gasteiger partial charge in [0.25, 0.3) is 0 Å². The van der Waals surface area contributed by atoms with Gasteiger partial charge in [0.05, 0.1) is 12.6 Å². The topological polar surface area (TPSA) is 41.6 Å². The lowest BCUT2D eigenvalue weighted by molar-refractivity contribution is -0.130. The number of rotatable bonds is 4. The molecule has 2 atom stereocenters. The van der Waals surface area contributed by atoms with Crippen LogP contribution in [0.5, 0.6) is 0 Å². The number of likely N-dealkylation sites (tertiary alicyclic amines) is 1. The van der Waals surface area contributed by atoms with Crippen LogP contribution in [-0.4, -0.2) is 49.7 Å². The molecule has 0 radical (unpaired) electrons. The predicted molar refractivity (Wildman–Crippen MR) is 62.2 cm³/mol. The molecule has 2 aliphatic rings. The van der Waals surface area contributed by atoms with Gasteiger partial charge < -0.3 is 15.0 Å². The van der Waals surface area contributed by atoms with Gasteiger partial charge in [-0.15, -0.1) is 0 Å². The second-order valence-corrected chi connectivity index (χ2v) is 4.77. The number of carbonyl (C=O) groups excluding carboxylic acids is 1. The smallest absolute Gasteiger partial charge is 0.239 e. The minimum atomic E-state index is 0.0644. The van der Waals surface area contributed by atoms with Gasteiger partial charge in [-0.1, -0.05) is 6.92 Å². The van der Waals surface area contributed by atoms with E-state index in [4.69, 9.17) is 4.74 Å². The van der Waals surface area contributed by atoms with Gasteiger partial charge in [-0.2, -0.15) is 0 Å². The highest BCUT2D eigenvalue weighted by molar-refractivity contribution is 5.83. The molecule has 2 aliphatic heterocycles. The van der Waals surface area contributed by atoms with Crippen LogP contribution in [-0.2, 0) is 9.53 Å². The second-order valence-electron chi connectivity index (χ2n) is 4.77. The van der Waals surface area contributed by atoms with Gasteiger partial charge in [-0.05, 0) is 31.7 Å².